The molecule has 0 spiro atoms. The monoisotopic (exact) mass is 705 g/mol. The Morgan fingerprint density at radius 1 is 1.00 bits per heavy atom. The molecule has 0 atom stereocenters. The van der Waals surface area contributed by atoms with E-state index in [4.69, 9.17) is 4.74 Å². The molecule has 254 valence electrons. The molecule has 2 aromatic carbocycles. The van der Waals surface area contributed by atoms with Crippen LogP contribution in [-0.4, -0.2) is 72.7 Å². The number of nitrogens with zero attached hydrogens (tertiary/aromatic N) is 6. The number of halogens is 2. The fraction of sp³-hybridized carbons (Fsp3) is 0.241. The highest BCUT2D eigenvalue weighted by Crippen LogP contribution is 2.44. The highest BCUT2D eigenvalue weighted by molar-refractivity contribution is 7.87. The zero-order valence-corrected chi connectivity index (χ0v) is 27.5. The molecule has 0 saturated heterocycles. The first-order chi connectivity index (χ1) is 22.6. The summed E-state index contributed by atoms with van der Waals surface area (Å²) < 4.78 is 67.7. The Labute approximate surface area is 277 Å². The third kappa shape index (κ3) is 8.05. The van der Waals surface area contributed by atoms with Gasteiger partial charge >= 0.3 is 16.4 Å². The second kappa shape index (κ2) is 14.8. The molecule has 2 N–H and O–H groups in total. The minimum Gasteiger partial charge on any atom is -0.449 e. The lowest BCUT2D eigenvalue weighted by Crippen LogP contribution is -2.33. The number of hydrogen-bond donors (Lipinski definition) is 2. The molecule has 4 aromatic rings. The Hall–Kier alpha value is -5.11. The van der Waals surface area contributed by atoms with E-state index >= 15 is 0 Å². The maximum Gasteiger partial charge on any atom is 0.415 e. The lowest BCUT2D eigenvalue weighted by molar-refractivity contribution is -0.384. The molecule has 0 aliphatic rings. The summed E-state index contributed by atoms with van der Waals surface area (Å²) in [5.74, 6) is -3.14. The van der Waals surface area contributed by atoms with Crippen molar-refractivity contribution in [2.45, 2.75) is 20.0 Å². The number of carbonyl (C=O) groups is 2. The van der Waals surface area contributed by atoms with Gasteiger partial charge < -0.3 is 15.0 Å². The Balaban J connectivity index is 1.93. The average Bonchev–Trinajstić information content (AvgIpc) is 3.38. The summed E-state index contributed by atoms with van der Waals surface area (Å²) in [5, 5.41) is 21.3. The molecule has 0 aliphatic heterocycles. The van der Waals surface area contributed by atoms with Crippen LogP contribution >= 0.6 is 11.3 Å². The van der Waals surface area contributed by atoms with Gasteiger partial charge in [0.2, 0.25) is 0 Å². The second-order valence-electron chi connectivity index (χ2n) is 10.3. The molecule has 0 unspecified atom stereocenters. The summed E-state index contributed by atoms with van der Waals surface area (Å²) in [7, 11) is -0.181. The van der Waals surface area contributed by atoms with E-state index < -0.39 is 51.0 Å². The van der Waals surface area contributed by atoms with E-state index in [9.17, 15) is 41.5 Å². The fourth-order valence-corrected chi connectivity index (χ4v) is 6.07. The summed E-state index contributed by atoms with van der Waals surface area (Å²) in [6.07, 6.45) is -1.01. The molecule has 0 fully saturated rings. The maximum atomic E-state index is 14.9. The van der Waals surface area contributed by atoms with Gasteiger partial charge in [0.05, 0.1) is 23.6 Å². The Kier molecular flexibility index (Phi) is 11.0. The predicted octanol–water partition coefficient (Wildman–Crippen LogP) is 5.11. The van der Waals surface area contributed by atoms with Crippen LogP contribution in [0.4, 0.5) is 35.9 Å². The number of rotatable bonds is 12. The topological polar surface area (TPSA) is 188 Å². The van der Waals surface area contributed by atoms with Gasteiger partial charge in [0.25, 0.3) is 11.6 Å². The van der Waals surface area contributed by atoms with Crippen molar-refractivity contribution in [1.29, 1.82) is 0 Å². The van der Waals surface area contributed by atoms with Crippen molar-refractivity contribution in [2.24, 2.45) is 0 Å². The van der Waals surface area contributed by atoms with Crippen molar-refractivity contribution in [1.82, 2.24) is 15.1 Å². The first-order valence-electron chi connectivity index (χ1n) is 13.9. The predicted molar refractivity (Wildman–Crippen MR) is 173 cm³/mol. The van der Waals surface area contributed by atoms with E-state index in [2.05, 4.69) is 15.5 Å². The van der Waals surface area contributed by atoms with Gasteiger partial charge in [0, 0.05) is 36.2 Å². The van der Waals surface area contributed by atoms with Crippen molar-refractivity contribution < 1.29 is 41.0 Å². The van der Waals surface area contributed by atoms with Gasteiger partial charge in [-0.1, -0.05) is 6.07 Å². The van der Waals surface area contributed by atoms with Crippen molar-refractivity contribution in [3.8, 4) is 10.4 Å². The van der Waals surface area contributed by atoms with Crippen molar-refractivity contribution >= 4 is 56.0 Å². The number of non-ortho nitro benzene ring substituents is 1. The molecule has 0 saturated carbocycles. The number of anilines is 3. The largest absolute Gasteiger partial charge is 0.449 e. The first kappa shape index (κ1) is 35.7. The van der Waals surface area contributed by atoms with E-state index in [1.54, 1.807) is 19.0 Å². The summed E-state index contributed by atoms with van der Waals surface area (Å²) in [5.41, 5.74) is 0.0346. The minimum absolute atomic E-state index is 0.0607. The molecular weight excluding hydrogens is 676 g/mol. The minimum atomic E-state index is -4.64. The van der Waals surface area contributed by atoms with Gasteiger partial charge in [-0.15, -0.1) is 21.5 Å². The van der Waals surface area contributed by atoms with Gasteiger partial charge in [-0.25, -0.2) is 17.9 Å². The molecule has 0 radical (unpaired) electrons. The van der Waals surface area contributed by atoms with Crippen LogP contribution in [0.15, 0.2) is 54.6 Å². The number of nitrogens with one attached hydrogen (secondary N) is 1. The Morgan fingerprint density at radius 2 is 1.65 bits per heavy atom. The molecular formula is C29H29F2N7O8S2. The van der Waals surface area contributed by atoms with E-state index in [-0.39, 0.29) is 41.0 Å². The van der Waals surface area contributed by atoms with Crippen LogP contribution in [0.1, 0.15) is 28.4 Å². The van der Waals surface area contributed by atoms with Gasteiger partial charge in [-0.2, -0.15) is 8.42 Å². The molecule has 2 aromatic heterocycles. The summed E-state index contributed by atoms with van der Waals surface area (Å²) in [6.45, 7) is 0.848. The SMILES string of the molecule is CCOC(=O)N(Cc1c(F)cccc1F)c1sc(-c2ccc([N+](=O)[O-])cc2)c(CN(C)C)c1C(=O)Nc1ccc(N(C)S(=O)(=O)O)nn1. The number of ether oxygens (including phenoxy) is 1. The lowest BCUT2D eigenvalue weighted by Gasteiger charge is -2.23. The third-order valence-corrected chi connectivity index (χ3v) is 8.89. The summed E-state index contributed by atoms with van der Waals surface area (Å²) >= 11 is 0.922. The van der Waals surface area contributed by atoms with Crippen molar-refractivity contribution in [3.05, 3.63) is 93.0 Å². The van der Waals surface area contributed by atoms with Crippen LogP contribution in [0.3, 0.4) is 0 Å². The van der Waals surface area contributed by atoms with Gasteiger partial charge in [-0.3, -0.25) is 24.4 Å². The summed E-state index contributed by atoms with van der Waals surface area (Å²) in [6, 6.07) is 11.1. The van der Waals surface area contributed by atoms with E-state index in [0.29, 0.717) is 20.3 Å². The first-order valence-corrected chi connectivity index (χ1v) is 16.1. The fourth-order valence-electron chi connectivity index (χ4n) is 4.43. The number of carbonyl (C=O) groups excluding carboxylic acids is 2. The standard InChI is InChI=1S/C29H29F2N7O8S2/c1-5-46-29(40)37(16-19-21(30)7-6-8-22(19)31)28-25(27(39)32-23-13-14-24(34-33-23)36(4)48(43,44)45)20(15-35(2)3)26(47-28)17-9-11-18(12-10-17)38(41)42/h6-14H,5,15-16H2,1-4H3,(H,32,33,39)(H,43,44,45). The molecule has 2 amide bonds. The van der Waals surface area contributed by atoms with Crippen LogP contribution in [0.2, 0.25) is 0 Å². The lowest BCUT2D eigenvalue weighted by atomic mass is 10.0. The van der Waals surface area contributed by atoms with E-state index in [0.717, 1.165) is 41.5 Å². The second-order valence-corrected chi connectivity index (χ2v) is 12.7. The quantitative estimate of drug-likeness (QED) is 0.113. The molecule has 0 aliphatic carbocycles. The van der Waals surface area contributed by atoms with Crippen LogP contribution < -0.4 is 14.5 Å². The third-order valence-electron chi connectivity index (χ3n) is 6.70. The smallest absolute Gasteiger partial charge is 0.415 e. The van der Waals surface area contributed by atoms with Crippen LogP contribution in [0, 0.1) is 21.7 Å². The number of nitro benzene ring substituents is 1. The van der Waals surface area contributed by atoms with Crippen molar-refractivity contribution in [2.75, 3.05) is 42.3 Å². The highest BCUT2D eigenvalue weighted by Gasteiger charge is 2.33. The Bertz CT molecular complexity index is 1920. The van der Waals surface area contributed by atoms with E-state index in [1.807, 2.05) is 0 Å². The van der Waals surface area contributed by atoms with Gasteiger partial charge in [0.1, 0.15) is 16.6 Å². The molecule has 19 heteroatoms. The molecule has 48 heavy (non-hydrogen) atoms. The Morgan fingerprint density at radius 3 is 2.17 bits per heavy atom. The average molecular weight is 706 g/mol. The molecule has 15 nitrogen and oxygen atoms in total. The van der Waals surface area contributed by atoms with Crippen LogP contribution in [0.5, 0.6) is 0 Å². The highest BCUT2D eigenvalue weighted by atomic mass is 32.2. The maximum absolute atomic E-state index is 14.9. The zero-order chi connectivity index (χ0) is 35.3. The number of amides is 2. The normalized spacial score (nSPS) is 11.3. The van der Waals surface area contributed by atoms with Crippen LogP contribution in [0.25, 0.3) is 10.4 Å². The van der Waals surface area contributed by atoms with Crippen molar-refractivity contribution in [3.63, 3.8) is 0 Å². The number of nitro groups is 1. The number of hydrogen-bond acceptors (Lipinski definition) is 11. The molecule has 4 rings (SSSR count). The molecule has 2 heterocycles. The number of benzene rings is 2. The van der Waals surface area contributed by atoms with E-state index in [1.165, 1.54) is 43.3 Å². The number of thiophene rings is 1. The van der Waals surface area contributed by atoms with Gasteiger partial charge in [-0.05, 0) is 68.5 Å². The van der Waals surface area contributed by atoms with Gasteiger partial charge in [0.15, 0.2) is 11.6 Å². The summed E-state index contributed by atoms with van der Waals surface area (Å²) in [4.78, 5) is 41.4. The zero-order valence-electron chi connectivity index (χ0n) is 25.9. The molecule has 0 bridgehead atoms. The van der Waals surface area contributed by atoms with Crippen LogP contribution in [-0.2, 0) is 28.1 Å². The number of aromatic nitrogens is 2.